The number of aliphatic hydroxyl groups is 1. The van der Waals surface area contributed by atoms with Crippen LogP contribution in [-0.2, 0) is 0 Å². The van der Waals surface area contributed by atoms with Gasteiger partial charge in [-0.05, 0) is 44.5 Å². The fraction of sp³-hybridized carbons (Fsp3) is 0.600. The van der Waals surface area contributed by atoms with Gasteiger partial charge in [0.25, 0.3) is 0 Å². The van der Waals surface area contributed by atoms with Gasteiger partial charge in [-0.3, -0.25) is 4.90 Å². The highest BCUT2D eigenvalue weighted by atomic mass is 35.5. The molecular weight excluding hydrogens is 246 g/mol. The first-order chi connectivity index (χ1) is 8.59. The van der Waals surface area contributed by atoms with Gasteiger partial charge in [-0.25, -0.2) is 0 Å². The van der Waals surface area contributed by atoms with Crippen LogP contribution in [0.2, 0.25) is 5.02 Å². The Hall–Kier alpha value is -0.570. The Morgan fingerprint density at radius 3 is 2.44 bits per heavy atom. The third kappa shape index (κ3) is 3.05. The molecule has 18 heavy (non-hydrogen) atoms. The number of aliphatic hydroxyl groups excluding tert-OH is 1. The molecular formula is C15H22ClNO. The molecule has 0 heterocycles. The van der Waals surface area contributed by atoms with Crippen molar-refractivity contribution in [1.82, 2.24) is 4.90 Å². The number of hydrogen-bond acceptors (Lipinski definition) is 2. The second-order valence-electron chi connectivity index (χ2n) is 5.31. The predicted molar refractivity (Wildman–Crippen MR) is 75.9 cm³/mol. The lowest BCUT2D eigenvalue weighted by molar-refractivity contribution is 0.0155. The maximum atomic E-state index is 10.1. The Kier molecular flexibility index (Phi) is 4.66. The van der Waals surface area contributed by atoms with Crippen LogP contribution >= 0.6 is 11.6 Å². The Morgan fingerprint density at radius 1 is 1.22 bits per heavy atom. The van der Waals surface area contributed by atoms with Gasteiger partial charge in [0.05, 0.1) is 6.10 Å². The lowest BCUT2D eigenvalue weighted by atomic mass is 9.90. The number of hydrogen-bond donors (Lipinski definition) is 1. The van der Waals surface area contributed by atoms with Crippen LogP contribution in [0.4, 0.5) is 0 Å². The number of benzene rings is 1. The molecule has 1 aromatic rings. The van der Waals surface area contributed by atoms with Crippen LogP contribution in [0.1, 0.15) is 44.2 Å². The van der Waals surface area contributed by atoms with Crippen molar-refractivity contribution < 1.29 is 5.11 Å². The highest BCUT2D eigenvalue weighted by molar-refractivity contribution is 6.30. The topological polar surface area (TPSA) is 23.5 Å². The Labute approximate surface area is 115 Å². The van der Waals surface area contributed by atoms with Gasteiger partial charge >= 0.3 is 0 Å². The summed E-state index contributed by atoms with van der Waals surface area (Å²) in [6, 6.07) is 8.58. The Bertz CT molecular complexity index is 379. The van der Waals surface area contributed by atoms with Crippen LogP contribution in [0.25, 0.3) is 0 Å². The summed E-state index contributed by atoms with van der Waals surface area (Å²) in [7, 11) is 2.11. The SMILES string of the molecule is CC(c1ccc(Cl)cc1)N(C)[C@@H]1CCCC[C@H]1O. The second kappa shape index (κ2) is 6.05. The molecule has 0 saturated heterocycles. The van der Waals surface area contributed by atoms with Gasteiger partial charge in [0, 0.05) is 17.1 Å². The summed E-state index contributed by atoms with van der Waals surface area (Å²) < 4.78 is 0. The quantitative estimate of drug-likeness (QED) is 0.904. The molecule has 1 aliphatic carbocycles. The van der Waals surface area contributed by atoms with Crippen molar-refractivity contribution in [2.45, 2.75) is 50.8 Å². The number of halogens is 1. The molecule has 1 fully saturated rings. The maximum absolute atomic E-state index is 10.1. The molecule has 3 atom stereocenters. The summed E-state index contributed by atoms with van der Waals surface area (Å²) in [5, 5.41) is 10.9. The third-order valence-electron chi connectivity index (χ3n) is 4.18. The van der Waals surface area contributed by atoms with Crippen LogP contribution in [0.3, 0.4) is 0 Å². The van der Waals surface area contributed by atoms with Crippen molar-refractivity contribution in [3.8, 4) is 0 Å². The third-order valence-corrected chi connectivity index (χ3v) is 4.43. The molecule has 2 nitrogen and oxygen atoms in total. The van der Waals surface area contributed by atoms with Crippen molar-refractivity contribution >= 4 is 11.6 Å². The molecule has 1 saturated carbocycles. The van der Waals surface area contributed by atoms with Crippen LogP contribution < -0.4 is 0 Å². The molecule has 0 aliphatic heterocycles. The zero-order valence-corrected chi connectivity index (χ0v) is 11.9. The van der Waals surface area contributed by atoms with E-state index in [-0.39, 0.29) is 12.1 Å². The van der Waals surface area contributed by atoms with Crippen molar-refractivity contribution in [2.24, 2.45) is 0 Å². The molecule has 2 rings (SSSR count). The highest BCUT2D eigenvalue weighted by Gasteiger charge is 2.29. The Balaban J connectivity index is 2.07. The smallest absolute Gasteiger partial charge is 0.0695 e. The second-order valence-corrected chi connectivity index (χ2v) is 5.75. The molecule has 1 aliphatic rings. The standard InChI is InChI=1S/C15H22ClNO/c1-11(12-7-9-13(16)10-8-12)17(2)14-5-3-4-6-15(14)18/h7-11,14-15,18H,3-6H2,1-2H3/t11?,14-,15-/m1/s1. The summed E-state index contributed by atoms with van der Waals surface area (Å²) in [6.45, 7) is 2.19. The van der Waals surface area contributed by atoms with Gasteiger partial charge in [-0.15, -0.1) is 0 Å². The van der Waals surface area contributed by atoms with Crippen molar-refractivity contribution in [3.63, 3.8) is 0 Å². The monoisotopic (exact) mass is 267 g/mol. The van der Waals surface area contributed by atoms with E-state index in [9.17, 15) is 5.11 Å². The summed E-state index contributed by atoms with van der Waals surface area (Å²) in [5.74, 6) is 0. The fourth-order valence-electron chi connectivity index (χ4n) is 2.83. The van der Waals surface area contributed by atoms with Crippen LogP contribution in [0.15, 0.2) is 24.3 Å². The number of likely N-dealkylation sites (N-methyl/N-ethyl adjacent to an activating group) is 1. The minimum Gasteiger partial charge on any atom is -0.391 e. The van der Waals surface area contributed by atoms with Crippen molar-refractivity contribution in [2.75, 3.05) is 7.05 Å². The molecule has 1 aromatic carbocycles. The molecule has 0 amide bonds. The molecule has 3 heteroatoms. The summed E-state index contributed by atoms with van der Waals surface area (Å²) >= 11 is 5.91. The van der Waals surface area contributed by atoms with Crippen molar-refractivity contribution in [3.05, 3.63) is 34.9 Å². The first-order valence-electron chi connectivity index (χ1n) is 6.75. The van der Waals surface area contributed by atoms with E-state index in [1.54, 1.807) is 0 Å². The molecule has 0 spiro atoms. The van der Waals surface area contributed by atoms with Crippen molar-refractivity contribution in [1.29, 1.82) is 0 Å². The summed E-state index contributed by atoms with van der Waals surface area (Å²) in [6.07, 6.45) is 4.22. The van der Waals surface area contributed by atoms with E-state index in [0.29, 0.717) is 6.04 Å². The molecule has 1 N–H and O–H groups in total. The van der Waals surface area contributed by atoms with Crippen LogP contribution in [0, 0.1) is 0 Å². The van der Waals surface area contributed by atoms with E-state index in [1.807, 2.05) is 12.1 Å². The van der Waals surface area contributed by atoms with Gasteiger partial charge in [0.15, 0.2) is 0 Å². The van der Waals surface area contributed by atoms with E-state index in [1.165, 1.54) is 12.0 Å². The molecule has 0 radical (unpaired) electrons. The van der Waals surface area contributed by atoms with E-state index in [0.717, 1.165) is 24.3 Å². The molecule has 1 unspecified atom stereocenters. The maximum Gasteiger partial charge on any atom is 0.0695 e. The zero-order chi connectivity index (χ0) is 13.1. The van der Waals surface area contributed by atoms with E-state index in [4.69, 9.17) is 11.6 Å². The predicted octanol–water partition coefficient (Wildman–Crippen LogP) is 3.64. The fourth-order valence-corrected chi connectivity index (χ4v) is 2.96. The van der Waals surface area contributed by atoms with E-state index < -0.39 is 0 Å². The van der Waals surface area contributed by atoms with Crippen LogP contribution in [0.5, 0.6) is 0 Å². The van der Waals surface area contributed by atoms with Gasteiger partial charge in [0.1, 0.15) is 0 Å². The van der Waals surface area contributed by atoms with E-state index >= 15 is 0 Å². The lowest BCUT2D eigenvalue weighted by Gasteiger charge is -2.38. The first kappa shape index (κ1) is 13.9. The first-order valence-corrected chi connectivity index (χ1v) is 7.13. The van der Waals surface area contributed by atoms with Crippen LogP contribution in [-0.4, -0.2) is 29.2 Å². The van der Waals surface area contributed by atoms with Gasteiger partial charge in [-0.1, -0.05) is 36.6 Å². The average Bonchev–Trinajstić information content (AvgIpc) is 2.38. The number of rotatable bonds is 3. The molecule has 0 aromatic heterocycles. The minimum absolute atomic E-state index is 0.182. The zero-order valence-electron chi connectivity index (χ0n) is 11.1. The van der Waals surface area contributed by atoms with Gasteiger partial charge < -0.3 is 5.11 Å². The minimum atomic E-state index is -0.182. The molecule has 100 valence electrons. The average molecular weight is 268 g/mol. The van der Waals surface area contributed by atoms with Gasteiger partial charge in [-0.2, -0.15) is 0 Å². The van der Waals surface area contributed by atoms with E-state index in [2.05, 4.69) is 31.0 Å². The van der Waals surface area contributed by atoms with Gasteiger partial charge in [0.2, 0.25) is 0 Å². The lowest BCUT2D eigenvalue weighted by Crippen LogP contribution is -2.44. The number of nitrogens with zero attached hydrogens (tertiary/aromatic N) is 1. The summed E-state index contributed by atoms with van der Waals surface area (Å²) in [5.41, 5.74) is 1.25. The highest BCUT2D eigenvalue weighted by Crippen LogP contribution is 2.29. The normalized spacial score (nSPS) is 26.3. The largest absolute Gasteiger partial charge is 0.391 e. The molecule has 0 bridgehead atoms. The Morgan fingerprint density at radius 2 is 1.83 bits per heavy atom. The summed E-state index contributed by atoms with van der Waals surface area (Å²) in [4.78, 5) is 2.30.